The monoisotopic (exact) mass is 412 g/mol. The van der Waals surface area contributed by atoms with E-state index in [0.717, 1.165) is 56.3 Å². The second-order valence-corrected chi connectivity index (χ2v) is 11.4. The highest BCUT2D eigenvalue weighted by Crippen LogP contribution is 2.28. The van der Waals surface area contributed by atoms with Crippen molar-refractivity contribution in [1.82, 2.24) is 9.21 Å². The molecular formula is C20H32N2O3S2. The van der Waals surface area contributed by atoms with E-state index in [9.17, 15) is 8.42 Å². The average molecular weight is 413 g/mol. The molecule has 0 bridgehead atoms. The van der Waals surface area contributed by atoms with Crippen molar-refractivity contribution in [3.05, 3.63) is 29.8 Å². The van der Waals surface area contributed by atoms with Crippen LogP contribution in [-0.4, -0.2) is 74.6 Å². The summed E-state index contributed by atoms with van der Waals surface area (Å²) in [6.45, 7) is 11.1. The van der Waals surface area contributed by atoms with Gasteiger partial charge in [0.05, 0.1) is 18.1 Å². The van der Waals surface area contributed by atoms with Gasteiger partial charge in [-0.05, 0) is 35.3 Å². The molecule has 5 nitrogen and oxygen atoms in total. The summed E-state index contributed by atoms with van der Waals surface area (Å²) < 4.78 is 34.0. The first-order chi connectivity index (χ1) is 12.8. The standard InChI is InChI=1S/C20H32N2O3S2/c1-20(2,3)17-5-7-19(8-6-17)27(23,24)22-9-4-14-26-16-18(22)15-21-10-12-25-13-11-21/h5-8,18H,4,9-16H2,1-3H3. The minimum Gasteiger partial charge on any atom is -0.379 e. The molecule has 2 aliphatic rings. The van der Waals surface area contributed by atoms with E-state index in [0.29, 0.717) is 11.4 Å². The van der Waals surface area contributed by atoms with Gasteiger partial charge in [-0.3, -0.25) is 4.90 Å². The molecular weight excluding hydrogens is 380 g/mol. The van der Waals surface area contributed by atoms with Crippen LogP contribution in [0.5, 0.6) is 0 Å². The highest BCUT2D eigenvalue weighted by atomic mass is 32.2. The van der Waals surface area contributed by atoms with Crippen LogP contribution in [-0.2, 0) is 20.2 Å². The van der Waals surface area contributed by atoms with Gasteiger partial charge in [0.1, 0.15) is 0 Å². The van der Waals surface area contributed by atoms with Gasteiger partial charge < -0.3 is 4.74 Å². The number of benzene rings is 1. The lowest BCUT2D eigenvalue weighted by molar-refractivity contribution is 0.0309. The van der Waals surface area contributed by atoms with Gasteiger partial charge in [-0.25, -0.2) is 8.42 Å². The first-order valence-corrected chi connectivity index (χ1v) is 12.4. The molecule has 2 aliphatic heterocycles. The zero-order valence-corrected chi connectivity index (χ0v) is 18.3. The molecule has 0 N–H and O–H groups in total. The van der Waals surface area contributed by atoms with Crippen LogP contribution in [0.2, 0.25) is 0 Å². The molecule has 2 saturated heterocycles. The predicted octanol–water partition coefficient (Wildman–Crippen LogP) is 2.81. The third-order valence-corrected chi connectivity index (χ3v) is 8.45. The first-order valence-electron chi connectivity index (χ1n) is 9.79. The Bertz CT molecular complexity index is 708. The molecule has 1 aromatic rings. The van der Waals surface area contributed by atoms with Crippen molar-refractivity contribution in [3.8, 4) is 0 Å². The fraction of sp³-hybridized carbons (Fsp3) is 0.700. The zero-order chi connectivity index (χ0) is 19.5. The highest BCUT2D eigenvalue weighted by molar-refractivity contribution is 7.99. The van der Waals surface area contributed by atoms with Crippen molar-refractivity contribution >= 4 is 21.8 Å². The fourth-order valence-corrected chi connectivity index (χ4v) is 6.42. The maximum absolute atomic E-state index is 13.4. The Balaban J connectivity index is 1.82. The number of sulfonamides is 1. The number of thioether (sulfide) groups is 1. The summed E-state index contributed by atoms with van der Waals surface area (Å²) in [5.74, 6) is 1.88. The van der Waals surface area contributed by atoms with Crippen LogP contribution in [0.15, 0.2) is 29.2 Å². The Kier molecular flexibility index (Phi) is 6.90. The Labute approximate surface area is 168 Å². The molecule has 1 unspecified atom stereocenters. The van der Waals surface area contributed by atoms with Crippen molar-refractivity contribution in [2.24, 2.45) is 0 Å². The van der Waals surface area contributed by atoms with Gasteiger partial charge in [0.25, 0.3) is 0 Å². The molecule has 0 amide bonds. The molecule has 7 heteroatoms. The number of morpholine rings is 1. The molecule has 0 spiro atoms. The number of ether oxygens (including phenoxy) is 1. The number of rotatable bonds is 4. The van der Waals surface area contributed by atoms with Crippen LogP contribution in [0, 0.1) is 0 Å². The topological polar surface area (TPSA) is 49.9 Å². The lowest BCUT2D eigenvalue weighted by Crippen LogP contribution is -2.50. The van der Waals surface area contributed by atoms with E-state index in [2.05, 4.69) is 25.7 Å². The van der Waals surface area contributed by atoms with Crippen LogP contribution < -0.4 is 0 Å². The van der Waals surface area contributed by atoms with Crippen LogP contribution in [0.4, 0.5) is 0 Å². The molecule has 2 fully saturated rings. The Morgan fingerprint density at radius 2 is 1.78 bits per heavy atom. The van der Waals surface area contributed by atoms with Crippen LogP contribution in [0.3, 0.4) is 0 Å². The SMILES string of the molecule is CC(C)(C)c1ccc(S(=O)(=O)N2CCCSCC2CN2CCOCC2)cc1. The Hall–Kier alpha value is -0.600. The van der Waals surface area contributed by atoms with E-state index < -0.39 is 10.0 Å². The summed E-state index contributed by atoms with van der Waals surface area (Å²) in [4.78, 5) is 2.75. The third kappa shape index (κ3) is 5.26. The van der Waals surface area contributed by atoms with E-state index in [1.54, 1.807) is 16.4 Å². The molecule has 3 rings (SSSR count). The molecule has 0 saturated carbocycles. The minimum absolute atomic E-state index is 0.0143. The van der Waals surface area contributed by atoms with Gasteiger partial charge in [-0.1, -0.05) is 32.9 Å². The summed E-state index contributed by atoms with van der Waals surface area (Å²) in [5.41, 5.74) is 1.16. The lowest BCUT2D eigenvalue weighted by atomic mass is 9.87. The van der Waals surface area contributed by atoms with Gasteiger partial charge in [0.2, 0.25) is 10.0 Å². The molecule has 0 aliphatic carbocycles. The van der Waals surface area contributed by atoms with Gasteiger partial charge in [0, 0.05) is 38.0 Å². The summed E-state index contributed by atoms with van der Waals surface area (Å²) >= 11 is 1.87. The molecule has 27 heavy (non-hydrogen) atoms. The van der Waals surface area contributed by atoms with Crippen LogP contribution in [0.1, 0.15) is 32.8 Å². The summed E-state index contributed by atoms with van der Waals surface area (Å²) in [6, 6.07) is 7.48. The fourth-order valence-electron chi connectivity index (χ4n) is 3.61. The number of nitrogens with zero attached hydrogens (tertiary/aromatic N) is 2. The summed E-state index contributed by atoms with van der Waals surface area (Å²) in [6.07, 6.45) is 0.906. The number of hydrogen-bond acceptors (Lipinski definition) is 5. The maximum Gasteiger partial charge on any atom is 0.243 e. The smallest absolute Gasteiger partial charge is 0.243 e. The summed E-state index contributed by atoms with van der Waals surface area (Å²) in [7, 11) is -3.49. The average Bonchev–Trinajstić information content (AvgIpc) is 2.88. The normalized spacial score (nSPS) is 23.9. The third-order valence-electron chi connectivity index (χ3n) is 5.28. The van der Waals surface area contributed by atoms with Gasteiger partial charge >= 0.3 is 0 Å². The van der Waals surface area contributed by atoms with Crippen molar-refractivity contribution in [2.75, 3.05) is 50.9 Å². The Morgan fingerprint density at radius 3 is 2.41 bits per heavy atom. The van der Waals surface area contributed by atoms with Crippen LogP contribution in [0.25, 0.3) is 0 Å². The molecule has 1 aromatic carbocycles. The van der Waals surface area contributed by atoms with Gasteiger partial charge in [-0.15, -0.1) is 0 Å². The maximum atomic E-state index is 13.4. The molecule has 152 valence electrons. The first kappa shape index (κ1) is 21.1. The zero-order valence-electron chi connectivity index (χ0n) is 16.7. The second-order valence-electron chi connectivity index (χ2n) is 8.39. The van der Waals surface area contributed by atoms with Crippen molar-refractivity contribution in [3.63, 3.8) is 0 Å². The van der Waals surface area contributed by atoms with E-state index in [1.807, 2.05) is 23.9 Å². The van der Waals surface area contributed by atoms with E-state index >= 15 is 0 Å². The van der Waals surface area contributed by atoms with E-state index in [4.69, 9.17) is 4.74 Å². The molecule has 1 atom stereocenters. The molecule has 2 heterocycles. The van der Waals surface area contributed by atoms with Crippen molar-refractivity contribution < 1.29 is 13.2 Å². The molecule has 0 radical (unpaired) electrons. The van der Waals surface area contributed by atoms with Gasteiger partial charge in [0.15, 0.2) is 0 Å². The highest BCUT2D eigenvalue weighted by Gasteiger charge is 2.34. The largest absolute Gasteiger partial charge is 0.379 e. The lowest BCUT2D eigenvalue weighted by Gasteiger charge is -2.35. The second kappa shape index (κ2) is 8.82. The predicted molar refractivity (Wildman–Crippen MR) is 112 cm³/mol. The van der Waals surface area contributed by atoms with Gasteiger partial charge in [-0.2, -0.15) is 16.1 Å². The van der Waals surface area contributed by atoms with Crippen molar-refractivity contribution in [2.45, 2.75) is 43.5 Å². The van der Waals surface area contributed by atoms with Crippen molar-refractivity contribution in [1.29, 1.82) is 0 Å². The van der Waals surface area contributed by atoms with E-state index in [-0.39, 0.29) is 11.5 Å². The van der Waals surface area contributed by atoms with E-state index in [1.165, 1.54) is 0 Å². The number of hydrogen-bond donors (Lipinski definition) is 0. The summed E-state index contributed by atoms with van der Waals surface area (Å²) in [5, 5.41) is 0. The molecule has 0 aromatic heterocycles. The van der Waals surface area contributed by atoms with Crippen LogP contribution >= 0.6 is 11.8 Å². The quantitative estimate of drug-likeness (QED) is 0.761. The minimum atomic E-state index is -3.49. The Morgan fingerprint density at radius 1 is 1.11 bits per heavy atom.